The van der Waals surface area contributed by atoms with E-state index in [1.165, 1.54) is 6.26 Å². The fourth-order valence-corrected chi connectivity index (χ4v) is 3.83. The smallest absolute Gasteiger partial charge is 0.150 e. The van der Waals surface area contributed by atoms with Crippen LogP contribution in [-0.4, -0.2) is 43.7 Å². The second kappa shape index (κ2) is 6.87. The van der Waals surface area contributed by atoms with E-state index in [1.54, 1.807) is 0 Å². The number of rotatable bonds is 6. The van der Waals surface area contributed by atoms with Gasteiger partial charge in [-0.1, -0.05) is 20.3 Å². The van der Waals surface area contributed by atoms with Crippen LogP contribution in [0, 0.1) is 5.92 Å². The standard InChI is InChI=1S/C13H27NO3S/c1-10(2)7-12(15)9-14-11-5-4-6-13(8-11)18(3,16)17/h10-15H,4-9H2,1-3H3. The summed E-state index contributed by atoms with van der Waals surface area (Å²) < 4.78 is 23.1. The molecule has 0 aromatic rings. The highest BCUT2D eigenvalue weighted by Gasteiger charge is 2.28. The zero-order valence-electron chi connectivity index (χ0n) is 11.7. The van der Waals surface area contributed by atoms with Crippen LogP contribution in [-0.2, 0) is 9.84 Å². The third kappa shape index (κ3) is 5.67. The van der Waals surface area contributed by atoms with E-state index in [4.69, 9.17) is 0 Å². The van der Waals surface area contributed by atoms with Crippen molar-refractivity contribution in [2.24, 2.45) is 5.92 Å². The molecule has 1 rings (SSSR count). The monoisotopic (exact) mass is 277 g/mol. The zero-order chi connectivity index (χ0) is 13.8. The molecule has 0 heterocycles. The van der Waals surface area contributed by atoms with Crippen LogP contribution in [0.4, 0.5) is 0 Å². The van der Waals surface area contributed by atoms with Crippen molar-refractivity contribution in [2.45, 2.75) is 63.3 Å². The summed E-state index contributed by atoms with van der Waals surface area (Å²) in [5.74, 6) is 0.483. The minimum absolute atomic E-state index is 0.203. The molecule has 1 saturated carbocycles. The first-order valence-electron chi connectivity index (χ1n) is 6.89. The number of nitrogens with one attached hydrogen (secondary N) is 1. The van der Waals surface area contributed by atoms with Crippen LogP contribution in [0.5, 0.6) is 0 Å². The number of sulfone groups is 1. The Bertz CT molecular complexity index is 340. The number of hydrogen-bond acceptors (Lipinski definition) is 4. The Balaban J connectivity index is 2.35. The van der Waals surface area contributed by atoms with Crippen LogP contribution in [0.2, 0.25) is 0 Å². The molecule has 0 spiro atoms. The molecule has 0 aromatic heterocycles. The van der Waals surface area contributed by atoms with E-state index in [0.29, 0.717) is 18.9 Å². The molecule has 18 heavy (non-hydrogen) atoms. The summed E-state index contributed by atoms with van der Waals surface area (Å²) in [5, 5.41) is 12.9. The lowest BCUT2D eigenvalue weighted by Gasteiger charge is -2.29. The van der Waals surface area contributed by atoms with E-state index in [-0.39, 0.29) is 17.4 Å². The summed E-state index contributed by atoms with van der Waals surface area (Å²) in [4.78, 5) is 0. The molecular weight excluding hydrogens is 250 g/mol. The molecule has 108 valence electrons. The Morgan fingerprint density at radius 3 is 2.56 bits per heavy atom. The van der Waals surface area contributed by atoms with Crippen molar-refractivity contribution in [2.75, 3.05) is 12.8 Å². The lowest BCUT2D eigenvalue weighted by Crippen LogP contribution is -2.42. The van der Waals surface area contributed by atoms with Crippen LogP contribution in [0.25, 0.3) is 0 Å². The molecule has 5 heteroatoms. The van der Waals surface area contributed by atoms with E-state index < -0.39 is 9.84 Å². The third-order valence-electron chi connectivity index (χ3n) is 3.62. The van der Waals surface area contributed by atoms with Gasteiger partial charge in [-0.05, 0) is 31.6 Å². The quantitative estimate of drug-likeness (QED) is 0.769. The van der Waals surface area contributed by atoms with E-state index in [0.717, 1.165) is 25.7 Å². The van der Waals surface area contributed by atoms with Crippen LogP contribution < -0.4 is 5.32 Å². The van der Waals surface area contributed by atoms with Crippen molar-refractivity contribution in [3.63, 3.8) is 0 Å². The Labute approximate surface area is 111 Å². The highest BCUT2D eigenvalue weighted by Crippen LogP contribution is 2.23. The van der Waals surface area contributed by atoms with Gasteiger partial charge in [-0.3, -0.25) is 0 Å². The van der Waals surface area contributed by atoms with Gasteiger partial charge in [-0.2, -0.15) is 0 Å². The van der Waals surface area contributed by atoms with Crippen molar-refractivity contribution >= 4 is 9.84 Å². The molecule has 0 bridgehead atoms. The zero-order valence-corrected chi connectivity index (χ0v) is 12.5. The van der Waals surface area contributed by atoms with Gasteiger partial charge in [0, 0.05) is 18.8 Å². The van der Waals surface area contributed by atoms with Crippen LogP contribution in [0.15, 0.2) is 0 Å². The molecule has 1 fully saturated rings. The molecule has 1 aliphatic carbocycles. The Kier molecular flexibility index (Phi) is 6.08. The second-order valence-corrected chi connectivity index (χ2v) is 8.33. The van der Waals surface area contributed by atoms with Crippen LogP contribution >= 0.6 is 0 Å². The number of hydrogen-bond donors (Lipinski definition) is 2. The Hall–Kier alpha value is -0.130. The summed E-state index contributed by atoms with van der Waals surface area (Å²) >= 11 is 0. The minimum Gasteiger partial charge on any atom is -0.392 e. The SMILES string of the molecule is CC(C)CC(O)CNC1CCCC(S(C)(=O)=O)C1. The maximum Gasteiger partial charge on any atom is 0.150 e. The first-order valence-corrected chi connectivity index (χ1v) is 8.84. The molecule has 0 aromatic carbocycles. The van der Waals surface area contributed by atoms with E-state index in [9.17, 15) is 13.5 Å². The lowest BCUT2D eigenvalue weighted by molar-refractivity contribution is 0.139. The van der Waals surface area contributed by atoms with Crippen molar-refractivity contribution in [3.8, 4) is 0 Å². The largest absolute Gasteiger partial charge is 0.392 e. The van der Waals surface area contributed by atoms with Gasteiger partial charge in [0.1, 0.15) is 9.84 Å². The highest BCUT2D eigenvalue weighted by atomic mass is 32.2. The maximum atomic E-state index is 11.5. The average molecular weight is 277 g/mol. The number of aliphatic hydroxyl groups excluding tert-OH is 1. The van der Waals surface area contributed by atoms with Gasteiger partial charge in [0.15, 0.2) is 0 Å². The third-order valence-corrected chi connectivity index (χ3v) is 5.26. The normalized spacial score (nSPS) is 27.4. The van der Waals surface area contributed by atoms with Gasteiger partial charge in [0.25, 0.3) is 0 Å². The Morgan fingerprint density at radius 1 is 1.33 bits per heavy atom. The topological polar surface area (TPSA) is 66.4 Å². The van der Waals surface area contributed by atoms with Crippen LogP contribution in [0.1, 0.15) is 46.0 Å². The summed E-state index contributed by atoms with van der Waals surface area (Å²) in [6.07, 6.45) is 5.22. The number of aliphatic hydroxyl groups is 1. The van der Waals surface area contributed by atoms with Crippen LogP contribution in [0.3, 0.4) is 0 Å². The molecule has 0 radical (unpaired) electrons. The molecule has 0 saturated heterocycles. The van der Waals surface area contributed by atoms with Crippen molar-refractivity contribution in [3.05, 3.63) is 0 Å². The summed E-state index contributed by atoms with van der Waals surface area (Å²) in [5.41, 5.74) is 0. The molecule has 0 amide bonds. The average Bonchev–Trinajstić information content (AvgIpc) is 2.25. The maximum absolute atomic E-state index is 11.5. The van der Waals surface area contributed by atoms with Gasteiger partial charge < -0.3 is 10.4 Å². The Morgan fingerprint density at radius 2 is 2.00 bits per heavy atom. The van der Waals surface area contributed by atoms with Gasteiger partial charge in [-0.15, -0.1) is 0 Å². The molecule has 0 aliphatic heterocycles. The summed E-state index contributed by atoms with van der Waals surface area (Å²) in [6.45, 7) is 4.74. The summed E-state index contributed by atoms with van der Waals surface area (Å²) in [6, 6.07) is 0.236. The van der Waals surface area contributed by atoms with Crippen molar-refractivity contribution in [1.29, 1.82) is 0 Å². The molecular formula is C13H27NO3S. The van der Waals surface area contributed by atoms with Gasteiger partial charge >= 0.3 is 0 Å². The van der Waals surface area contributed by atoms with Crippen molar-refractivity contribution in [1.82, 2.24) is 5.32 Å². The van der Waals surface area contributed by atoms with E-state index in [2.05, 4.69) is 19.2 Å². The lowest BCUT2D eigenvalue weighted by atomic mass is 9.94. The predicted molar refractivity (Wildman–Crippen MR) is 74.4 cm³/mol. The minimum atomic E-state index is -2.92. The van der Waals surface area contributed by atoms with E-state index in [1.807, 2.05) is 0 Å². The molecule has 4 nitrogen and oxygen atoms in total. The fraction of sp³-hybridized carbons (Fsp3) is 1.00. The van der Waals surface area contributed by atoms with Gasteiger partial charge in [0.2, 0.25) is 0 Å². The summed E-state index contributed by atoms with van der Waals surface area (Å²) in [7, 11) is -2.92. The molecule has 3 unspecified atom stereocenters. The molecule has 3 atom stereocenters. The van der Waals surface area contributed by atoms with E-state index >= 15 is 0 Å². The predicted octanol–water partition coefficient (Wildman–Crippen LogP) is 1.34. The fourth-order valence-electron chi connectivity index (χ4n) is 2.65. The second-order valence-electron chi connectivity index (χ2n) is 6.01. The highest BCUT2D eigenvalue weighted by molar-refractivity contribution is 7.91. The first-order chi connectivity index (χ1) is 8.29. The molecule has 2 N–H and O–H groups in total. The van der Waals surface area contributed by atoms with Crippen molar-refractivity contribution < 1.29 is 13.5 Å². The van der Waals surface area contributed by atoms with Gasteiger partial charge in [0.05, 0.1) is 11.4 Å². The molecule has 1 aliphatic rings. The first kappa shape index (κ1) is 15.9. The van der Waals surface area contributed by atoms with Gasteiger partial charge in [-0.25, -0.2) is 8.42 Å².